The average Bonchev–Trinajstić information content (AvgIpc) is 2.27. The molecule has 19 heavy (non-hydrogen) atoms. The molecule has 0 bridgehead atoms. The van der Waals surface area contributed by atoms with Gasteiger partial charge in [0.2, 0.25) is 0 Å². The highest BCUT2D eigenvalue weighted by Gasteiger charge is 2.17. The van der Waals surface area contributed by atoms with Gasteiger partial charge in [0.05, 0.1) is 11.3 Å². The Hall–Kier alpha value is -1.54. The molecule has 5 nitrogen and oxygen atoms in total. The molecule has 0 atom stereocenters. The van der Waals surface area contributed by atoms with Gasteiger partial charge in [0.15, 0.2) is 0 Å². The second kappa shape index (κ2) is 6.07. The van der Waals surface area contributed by atoms with Crippen molar-refractivity contribution in [2.75, 3.05) is 12.3 Å². The molecule has 0 aliphatic carbocycles. The normalized spacial score (nSPS) is 11.4. The summed E-state index contributed by atoms with van der Waals surface area (Å²) in [6.45, 7) is 1.18. The molecular formula is C11H13F2NO4S. The fourth-order valence-corrected chi connectivity index (χ4v) is 1.85. The zero-order valence-electron chi connectivity index (χ0n) is 10.1. The third-order valence-electron chi connectivity index (χ3n) is 2.43. The molecule has 2 N–H and O–H groups in total. The van der Waals surface area contributed by atoms with Gasteiger partial charge >= 0.3 is 0 Å². The minimum Gasteiger partial charge on any atom is -0.351 e. The lowest BCUT2D eigenvalue weighted by atomic mass is 10.1. The van der Waals surface area contributed by atoms with Crippen LogP contribution in [0.2, 0.25) is 0 Å². The Balaban J connectivity index is 2.84. The standard InChI is InChI=1S/C11H13F2NO4S/c1-2-7-9(12)4-3-8(10(7)13)11(15)14-5-6-19(16,17)18/h3-4H,2,5-6H2,1H3,(H,14,15)(H,16,17,18). The first-order chi connectivity index (χ1) is 8.76. The van der Waals surface area contributed by atoms with Gasteiger partial charge < -0.3 is 5.32 Å². The van der Waals surface area contributed by atoms with Gasteiger partial charge in [0, 0.05) is 12.1 Å². The van der Waals surface area contributed by atoms with Crippen LogP contribution in [0.25, 0.3) is 0 Å². The van der Waals surface area contributed by atoms with E-state index in [1.807, 2.05) is 0 Å². The highest BCUT2D eigenvalue weighted by molar-refractivity contribution is 7.85. The molecule has 1 amide bonds. The summed E-state index contributed by atoms with van der Waals surface area (Å²) < 4.78 is 56.4. The van der Waals surface area contributed by atoms with Crippen LogP contribution >= 0.6 is 0 Å². The summed E-state index contributed by atoms with van der Waals surface area (Å²) >= 11 is 0. The molecule has 0 fully saturated rings. The van der Waals surface area contributed by atoms with Crippen molar-refractivity contribution in [2.24, 2.45) is 0 Å². The smallest absolute Gasteiger partial charge is 0.266 e. The molecule has 0 aliphatic heterocycles. The average molecular weight is 293 g/mol. The monoisotopic (exact) mass is 293 g/mol. The Labute approximate surface area is 109 Å². The Morgan fingerprint density at radius 2 is 2.00 bits per heavy atom. The van der Waals surface area contributed by atoms with Crippen LogP contribution in [0.4, 0.5) is 8.78 Å². The second-order valence-electron chi connectivity index (χ2n) is 3.78. The van der Waals surface area contributed by atoms with Gasteiger partial charge in [-0.05, 0) is 18.6 Å². The first-order valence-electron chi connectivity index (χ1n) is 5.46. The van der Waals surface area contributed by atoms with E-state index in [0.717, 1.165) is 12.1 Å². The van der Waals surface area contributed by atoms with Gasteiger partial charge in [-0.1, -0.05) is 6.92 Å². The summed E-state index contributed by atoms with van der Waals surface area (Å²) in [5.74, 6) is -3.25. The van der Waals surface area contributed by atoms with Crippen molar-refractivity contribution in [3.05, 3.63) is 34.9 Å². The van der Waals surface area contributed by atoms with E-state index in [1.165, 1.54) is 0 Å². The predicted octanol–water partition coefficient (Wildman–Crippen LogP) is 1.14. The summed E-state index contributed by atoms with van der Waals surface area (Å²) in [6, 6.07) is 1.95. The molecule has 1 aromatic rings. The van der Waals surface area contributed by atoms with Gasteiger partial charge in [0.25, 0.3) is 16.0 Å². The third kappa shape index (κ3) is 4.25. The van der Waals surface area contributed by atoms with Gasteiger partial charge in [0.1, 0.15) is 11.6 Å². The van der Waals surface area contributed by atoms with Gasteiger partial charge in [-0.15, -0.1) is 0 Å². The van der Waals surface area contributed by atoms with E-state index in [2.05, 4.69) is 5.32 Å². The van der Waals surface area contributed by atoms with Crippen molar-refractivity contribution in [2.45, 2.75) is 13.3 Å². The molecular weight excluding hydrogens is 280 g/mol. The largest absolute Gasteiger partial charge is 0.351 e. The van der Waals surface area contributed by atoms with Crippen LogP contribution in [0.5, 0.6) is 0 Å². The maximum atomic E-state index is 13.8. The molecule has 0 aliphatic rings. The van der Waals surface area contributed by atoms with E-state index < -0.39 is 33.4 Å². The van der Waals surface area contributed by atoms with E-state index in [9.17, 15) is 22.0 Å². The minimum absolute atomic E-state index is 0.0871. The fraction of sp³-hybridized carbons (Fsp3) is 0.364. The molecule has 0 heterocycles. The molecule has 0 saturated heterocycles. The van der Waals surface area contributed by atoms with Crippen LogP contribution in [0.15, 0.2) is 12.1 Å². The van der Waals surface area contributed by atoms with E-state index in [0.29, 0.717) is 0 Å². The van der Waals surface area contributed by atoms with Crippen LogP contribution in [0.3, 0.4) is 0 Å². The van der Waals surface area contributed by atoms with E-state index in [4.69, 9.17) is 4.55 Å². The first kappa shape index (κ1) is 15.5. The molecule has 0 radical (unpaired) electrons. The highest BCUT2D eigenvalue weighted by atomic mass is 32.2. The summed E-state index contributed by atoms with van der Waals surface area (Å²) in [5.41, 5.74) is -0.573. The van der Waals surface area contributed by atoms with E-state index in [1.54, 1.807) is 6.92 Å². The summed E-state index contributed by atoms with van der Waals surface area (Å²) in [6.07, 6.45) is 0.0871. The van der Waals surface area contributed by atoms with Crippen molar-refractivity contribution >= 4 is 16.0 Å². The molecule has 0 unspecified atom stereocenters. The lowest BCUT2D eigenvalue weighted by Gasteiger charge is -2.08. The Bertz CT molecular complexity index is 587. The second-order valence-corrected chi connectivity index (χ2v) is 5.36. The van der Waals surface area contributed by atoms with Crippen LogP contribution in [0, 0.1) is 11.6 Å². The predicted molar refractivity (Wildman–Crippen MR) is 64.5 cm³/mol. The van der Waals surface area contributed by atoms with Crippen LogP contribution < -0.4 is 5.32 Å². The topological polar surface area (TPSA) is 83.5 Å². The number of carbonyl (C=O) groups is 1. The minimum atomic E-state index is -4.20. The Kier molecular flexibility index (Phi) is 4.96. The number of benzene rings is 1. The molecule has 0 aromatic heterocycles. The van der Waals surface area contributed by atoms with Crippen molar-refractivity contribution in [1.29, 1.82) is 0 Å². The van der Waals surface area contributed by atoms with E-state index in [-0.39, 0.29) is 24.1 Å². The third-order valence-corrected chi connectivity index (χ3v) is 3.15. The zero-order chi connectivity index (χ0) is 14.6. The summed E-state index contributed by atoms with van der Waals surface area (Å²) in [5, 5.41) is 2.13. The highest BCUT2D eigenvalue weighted by Crippen LogP contribution is 2.17. The summed E-state index contributed by atoms with van der Waals surface area (Å²) in [4.78, 5) is 11.6. The van der Waals surface area contributed by atoms with Crippen LogP contribution in [-0.4, -0.2) is 31.2 Å². The number of carbonyl (C=O) groups excluding carboxylic acids is 1. The summed E-state index contributed by atoms with van der Waals surface area (Å²) in [7, 11) is -4.20. The maximum absolute atomic E-state index is 13.8. The Morgan fingerprint density at radius 1 is 1.37 bits per heavy atom. The van der Waals surface area contributed by atoms with E-state index >= 15 is 0 Å². The molecule has 0 saturated carbocycles. The molecule has 106 valence electrons. The van der Waals surface area contributed by atoms with Crippen molar-refractivity contribution in [3.63, 3.8) is 0 Å². The number of hydrogen-bond donors (Lipinski definition) is 2. The van der Waals surface area contributed by atoms with Crippen molar-refractivity contribution in [1.82, 2.24) is 5.32 Å². The number of halogens is 2. The number of amides is 1. The number of nitrogens with one attached hydrogen (secondary N) is 1. The number of rotatable bonds is 5. The van der Waals surface area contributed by atoms with Crippen molar-refractivity contribution < 1.29 is 26.5 Å². The molecule has 0 spiro atoms. The first-order valence-corrected chi connectivity index (χ1v) is 7.07. The Morgan fingerprint density at radius 3 is 2.53 bits per heavy atom. The van der Waals surface area contributed by atoms with Crippen molar-refractivity contribution in [3.8, 4) is 0 Å². The maximum Gasteiger partial charge on any atom is 0.266 e. The van der Waals surface area contributed by atoms with Gasteiger partial charge in [-0.25, -0.2) is 8.78 Å². The lowest BCUT2D eigenvalue weighted by Crippen LogP contribution is -2.29. The van der Waals surface area contributed by atoms with Crippen LogP contribution in [0.1, 0.15) is 22.8 Å². The SMILES string of the molecule is CCc1c(F)ccc(C(=O)NCCS(=O)(=O)O)c1F. The quantitative estimate of drug-likeness (QED) is 0.798. The van der Waals surface area contributed by atoms with Crippen LogP contribution in [-0.2, 0) is 16.5 Å². The molecule has 1 aromatic carbocycles. The van der Waals surface area contributed by atoms with Gasteiger partial charge in [-0.2, -0.15) is 8.42 Å². The molecule has 8 heteroatoms. The zero-order valence-corrected chi connectivity index (χ0v) is 10.9. The lowest BCUT2D eigenvalue weighted by molar-refractivity contribution is 0.0951. The number of hydrogen-bond acceptors (Lipinski definition) is 3. The van der Waals surface area contributed by atoms with Gasteiger partial charge in [-0.3, -0.25) is 9.35 Å². The molecule has 1 rings (SSSR count). The fourth-order valence-electron chi connectivity index (χ4n) is 1.49.